The van der Waals surface area contributed by atoms with Crippen LogP contribution >= 0.6 is 15.9 Å². The summed E-state index contributed by atoms with van der Waals surface area (Å²) in [4.78, 5) is 0. The van der Waals surface area contributed by atoms with Gasteiger partial charge in [-0.15, -0.1) is 0 Å². The zero-order valence-electron chi connectivity index (χ0n) is 5.82. The highest BCUT2D eigenvalue weighted by Crippen LogP contribution is 2.30. The number of hydrogen-bond acceptors (Lipinski definition) is 1. The summed E-state index contributed by atoms with van der Waals surface area (Å²) in [6, 6.07) is 2.14. The smallest absolute Gasteiger partial charge is 0.265 e. The van der Waals surface area contributed by atoms with Crippen LogP contribution in [0.5, 0.6) is 0 Å². The molecule has 0 unspecified atom stereocenters. The molecule has 5 heteroatoms. The minimum absolute atomic E-state index is 0.254. The molecule has 0 saturated heterocycles. The van der Waals surface area contributed by atoms with Gasteiger partial charge in [-0.2, -0.15) is 0 Å². The third kappa shape index (κ3) is 1.72. The van der Waals surface area contributed by atoms with E-state index in [0.717, 1.165) is 12.1 Å². The first-order valence-electron chi connectivity index (χ1n) is 3.05. The molecule has 12 heavy (non-hydrogen) atoms. The van der Waals surface area contributed by atoms with Gasteiger partial charge in [-0.1, -0.05) is 15.9 Å². The molecule has 0 saturated carbocycles. The van der Waals surface area contributed by atoms with Gasteiger partial charge < -0.3 is 5.73 Å². The molecule has 0 aliphatic rings. The van der Waals surface area contributed by atoms with Crippen molar-refractivity contribution in [2.24, 2.45) is 0 Å². The van der Waals surface area contributed by atoms with Crippen molar-refractivity contribution >= 4 is 21.6 Å². The van der Waals surface area contributed by atoms with Gasteiger partial charge in [0.25, 0.3) is 6.43 Å². The lowest BCUT2D eigenvalue weighted by molar-refractivity contribution is 0.152. The van der Waals surface area contributed by atoms with Gasteiger partial charge >= 0.3 is 0 Å². The summed E-state index contributed by atoms with van der Waals surface area (Å²) in [5.74, 6) is -0.834. The van der Waals surface area contributed by atoms with E-state index in [-0.39, 0.29) is 4.47 Å². The Morgan fingerprint density at radius 3 is 2.42 bits per heavy atom. The highest BCUT2D eigenvalue weighted by Gasteiger charge is 2.15. The SMILES string of the molecule is Nc1c(F)cc(Br)cc1C(F)F. The zero-order chi connectivity index (χ0) is 9.30. The van der Waals surface area contributed by atoms with E-state index in [0.29, 0.717) is 0 Å². The summed E-state index contributed by atoms with van der Waals surface area (Å²) in [6.07, 6.45) is -2.75. The van der Waals surface area contributed by atoms with E-state index in [9.17, 15) is 13.2 Å². The maximum absolute atomic E-state index is 12.7. The summed E-state index contributed by atoms with van der Waals surface area (Å²) < 4.78 is 37.2. The Balaban J connectivity index is 3.28. The second kappa shape index (κ2) is 3.35. The number of rotatable bonds is 1. The van der Waals surface area contributed by atoms with Gasteiger partial charge in [0.15, 0.2) is 0 Å². The van der Waals surface area contributed by atoms with Crippen LogP contribution in [0.2, 0.25) is 0 Å². The Kier molecular flexibility index (Phi) is 2.62. The first-order valence-corrected chi connectivity index (χ1v) is 3.84. The van der Waals surface area contributed by atoms with Gasteiger partial charge in [-0.3, -0.25) is 0 Å². The molecule has 0 heterocycles. The number of anilines is 1. The Bertz CT molecular complexity index is 301. The minimum atomic E-state index is -2.75. The van der Waals surface area contributed by atoms with E-state index in [1.807, 2.05) is 0 Å². The number of nitrogen functional groups attached to an aromatic ring is 1. The summed E-state index contributed by atoms with van der Waals surface area (Å²) in [6.45, 7) is 0. The van der Waals surface area contributed by atoms with E-state index in [4.69, 9.17) is 5.73 Å². The molecule has 2 N–H and O–H groups in total. The lowest BCUT2D eigenvalue weighted by Gasteiger charge is -2.05. The van der Waals surface area contributed by atoms with Crippen molar-refractivity contribution in [2.45, 2.75) is 6.43 Å². The van der Waals surface area contributed by atoms with Crippen molar-refractivity contribution in [1.82, 2.24) is 0 Å². The second-order valence-corrected chi connectivity index (χ2v) is 3.11. The van der Waals surface area contributed by atoms with Crippen molar-refractivity contribution in [3.63, 3.8) is 0 Å². The molecular weight excluding hydrogens is 235 g/mol. The van der Waals surface area contributed by atoms with E-state index in [2.05, 4.69) is 15.9 Å². The van der Waals surface area contributed by atoms with Crippen LogP contribution in [0.15, 0.2) is 16.6 Å². The van der Waals surface area contributed by atoms with Crippen molar-refractivity contribution < 1.29 is 13.2 Å². The quantitative estimate of drug-likeness (QED) is 0.750. The third-order valence-corrected chi connectivity index (χ3v) is 1.82. The van der Waals surface area contributed by atoms with Gasteiger partial charge in [0.05, 0.1) is 5.69 Å². The molecule has 66 valence electrons. The average molecular weight is 240 g/mol. The molecule has 1 aromatic rings. The maximum atomic E-state index is 12.7. The first kappa shape index (κ1) is 9.38. The van der Waals surface area contributed by atoms with Crippen molar-refractivity contribution in [3.05, 3.63) is 28.0 Å². The van der Waals surface area contributed by atoms with Crippen LogP contribution in [0, 0.1) is 5.82 Å². The maximum Gasteiger partial charge on any atom is 0.265 e. The number of benzene rings is 1. The lowest BCUT2D eigenvalue weighted by atomic mass is 10.2. The number of alkyl halides is 2. The topological polar surface area (TPSA) is 26.0 Å². The van der Waals surface area contributed by atoms with Gasteiger partial charge in [0.2, 0.25) is 0 Å². The molecule has 1 rings (SSSR count). The van der Waals surface area contributed by atoms with Gasteiger partial charge in [-0.25, -0.2) is 13.2 Å². The summed E-state index contributed by atoms with van der Waals surface area (Å²) in [5, 5.41) is 0. The van der Waals surface area contributed by atoms with E-state index in [1.54, 1.807) is 0 Å². The van der Waals surface area contributed by atoms with Crippen LogP contribution in [-0.4, -0.2) is 0 Å². The van der Waals surface area contributed by atoms with Crippen LogP contribution in [-0.2, 0) is 0 Å². The van der Waals surface area contributed by atoms with Crippen LogP contribution in [0.3, 0.4) is 0 Å². The predicted octanol–water partition coefficient (Wildman–Crippen LogP) is 3.11. The summed E-state index contributed by atoms with van der Waals surface area (Å²) in [7, 11) is 0. The van der Waals surface area contributed by atoms with Crippen molar-refractivity contribution in [1.29, 1.82) is 0 Å². The molecule has 0 bridgehead atoms. The third-order valence-electron chi connectivity index (χ3n) is 1.36. The van der Waals surface area contributed by atoms with Crippen molar-refractivity contribution in [3.8, 4) is 0 Å². The minimum Gasteiger partial charge on any atom is -0.396 e. The van der Waals surface area contributed by atoms with Crippen LogP contribution < -0.4 is 5.73 Å². The molecule has 0 radical (unpaired) electrons. The normalized spacial score (nSPS) is 10.8. The monoisotopic (exact) mass is 239 g/mol. The zero-order valence-corrected chi connectivity index (χ0v) is 7.41. The Morgan fingerprint density at radius 2 is 1.92 bits per heavy atom. The van der Waals surface area contributed by atoms with Crippen LogP contribution in [0.1, 0.15) is 12.0 Å². The molecule has 1 nitrogen and oxygen atoms in total. The van der Waals surface area contributed by atoms with E-state index >= 15 is 0 Å². The predicted molar refractivity (Wildman–Crippen MR) is 43.5 cm³/mol. The molecule has 0 aliphatic heterocycles. The Hall–Kier alpha value is -0.710. The number of hydrogen-bond donors (Lipinski definition) is 1. The fourth-order valence-corrected chi connectivity index (χ4v) is 1.23. The Morgan fingerprint density at radius 1 is 1.33 bits per heavy atom. The highest BCUT2D eigenvalue weighted by atomic mass is 79.9. The van der Waals surface area contributed by atoms with E-state index in [1.165, 1.54) is 0 Å². The van der Waals surface area contributed by atoms with Crippen LogP contribution in [0.25, 0.3) is 0 Å². The molecule has 0 aliphatic carbocycles. The standard InChI is InChI=1S/C7H5BrF3N/c8-3-1-4(7(10)11)6(12)5(9)2-3/h1-2,7H,12H2. The number of halogens is 4. The second-order valence-electron chi connectivity index (χ2n) is 2.19. The van der Waals surface area contributed by atoms with Gasteiger partial charge in [-0.05, 0) is 12.1 Å². The molecule has 0 spiro atoms. The molecule has 0 atom stereocenters. The summed E-state index contributed by atoms with van der Waals surface area (Å²) >= 11 is 2.89. The van der Waals surface area contributed by atoms with Crippen LogP contribution in [0.4, 0.5) is 18.9 Å². The molecule has 1 aromatic carbocycles. The fourth-order valence-electron chi connectivity index (χ4n) is 0.785. The summed E-state index contributed by atoms with van der Waals surface area (Å²) in [5.41, 5.74) is 4.10. The molecule has 0 amide bonds. The largest absolute Gasteiger partial charge is 0.396 e. The van der Waals surface area contributed by atoms with Gasteiger partial charge in [0.1, 0.15) is 5.82 Å². The fraction of sp³-hybridized carbons (Fsp3) is 0.143. The lowest BCUT2D eigenvalue weighted by Crippen LogP contribution is -1.98. The van der Waals surface area contributed by atoms with Crippen molar-refractivity contribution in [2.75, 3.05) is 5.73 Å². The molecular formula is C7H5BrF3N. The van der Waals surface area contributed by atoms with Gasteiger partial charge in [0, 0.05) is 10.0 Å². The molecule has 0 aromatic heterocycles. The first-order chi connectivity index (χ1) is 5.52. The number of nitrogens with two attached hydrogens (primary N) is 1. The molecule has 0 fully saturated rings. The highest BCUT2D eigenvalue weighted by molar-refractivity contribution is 9.10. The average Bonchev–Trinajstić information content (AvgIpc) is 1.96. The Labute approximate surface area is 75.5 Å². The van der Waals surface area contributed by atoms with E-state index < -0.39 is 23.5 Å².